The van der Waals surface area contributed by atoms with E-state index in [9.17, 15) is 4.79 Å². The lowest BCUT2D eigenvalue weighted by Crippen LogP contribution is -2.35. The number of ether oxygens (including phenoxy) is 1. The zero-order valence-electron chi connectivity index (χ0n) is 16.4. The van der Waals surface area contributed by atoms with Crippen LogP contribution in [0, 0.1) is 0 Å². The highest BCUT2D eigenvalue weighted by Gasteiger charge is 2.25. The largest absolute Gasteiger partial charge is 0.443 e. The van der Waals surface area contributed by atoms with Crippen LogP contribution in [0.3, 0.4) is 0 Å². The van der Waals surface area contributed by atoms with Gasteiger partial charge in [0.1, 0.15) is 11.4 Å². The lowest BCUT2D eigenvalue weighted by Gasteiger charge is -2.36. The summed E-state index contributed by atoms with van der Waals surface area (Å²) in [4.78, 5) is 20.7. The fraction of sp³-hybridized carbons (Fsp3) is 0.700. The third kappa shape index (κ3) is 5.70. The van der Waals surface area contributed by atoms with Gasteiger partial charge in [-0.15, -0.1) is 0 Å². The maximum atomic E-state index is 12.2. The van der Waals surface area contributed by atoms with Crippen LogP contribution < -0.4 is 4.90 Å². The molecule has 5 nitrogen and oxygen atoms in total. The lowest BCUT2D eigenvalue weighted by atomic mass is 9.96. The van der Waals surface area contributed by atoms with Crippen LogP contribution in [-0.2, 0) is 4.74 Å². The second-order valence-electron chi connectivity index (χ2n) is 7.89. The van der Waals surface area contributed by atoms with Crippen molar-refractivity contribution in [3.8, 4) is 0 Å². The Bertz CT molecular complexity index is 551. The summed E-state index contributed by atoms with van der Waals surface area (Å²) in [6.45, 7) is 10.2. The number of anilines is 1. The molecule has 2 heterocycles. The Morgan fingerprint density at radius 1 is 1.36 bits per heavy atom. The van der Waals surface area contributed by atoms with E-state index < -0.39 is 5.60 Å². The van der Waals surface area contributed by atoms with Gasteiger partial charge in [-0.1, -0.05) is 25.8 Å². The van der Waals surface area contributed by atoms with Crippen LogP contribution in [0.2, 0.25) is 0 Å². The molecule has 0 aromatic carbocycles. The average Bonchev–Trinajstić information content (AvgIpc) is 2.58. The summed E-state index contributed by atoms with van der Waals surface area (Å²) in [6.07, 6.45) is 7.75. The van der Waals surface area contributed by atoms with Crippen molar-refractivity contribution in [1.82, 2.24) is 9.88 Å². The van der Waals surface area contributed by atoms with Gasteiger partial charge in [-0.25, -0.2) is 9.78 Å². The van der Waals surface area contributed by atoms with E-state index >= 15 is 0 Å². The monoisotopic (exact) mass is 347 g/mol. The normalized spacial score (nSPS) is 18.8. The predicted molar refractivity (Wildman–Crippen MR) is 102 cm³/mol. The van der Waals surface area contributed by atoms with Crippen LogP contribution in [-0.4, -0.2) is 41.7 Å². The van der Waals surface area contributed by atoms with E-state index in [0.717, 1.165) is 6.54 Å². The number of piperidine rings is 1. The first-order valence-corrected chi connectivity index (χ1v) is 9.48. The Morgan fingerprint density at radius 3 is 2.72 bits per heavy atom. The predicted octanol–water partition coefficient (Wildman–Crippen LogP) is 4.78. The van der Waals surface area contributed by atoms with Gasteiger partial charge in [0.15, 0.2) is 0 Å². The molecule has 1 aliphatic rings. The van der Waals surface area contributed by atoms with Crippen LogP contribution in [0.5, 0.6) is 0 Å². The Kier molecular flexibility index (Phi) is 6.82. The molecular weight excluding hydrogens is 314 g/mol. The summed E-state index contributed by atoms with van der Waals surface area (Å²) < 4.78 is 5.40. The molecule has 5 heteroatoms. The molecule has 0 saturated carbocycles. The van der Waals surface area contributed by atoms with E-state index in [-0.39, 0.29) is 6.09 Å². The maximum Gasteiger partial charge on any atom is 0.415 e. The molecule has 0 N–H and O–H groups in total. The summed E-state index contributed by atoms with van der Waals surface area (Å²) in [5, 5.41) is 0. The minimum absolute atomic E-state index is 0.380. The summed E-state index contributed by atoms with van der Waals surface area (Å²) in [5.74, 6) is 0.619. The van der Waals surface area contributed by atoms with E-state index in [1.807, 2.05) is 33.0 Å². The number of hydrogen-bond donors (Lipinski definition) is 0. The Hall–Kier alpha value is -1.62. The van der Waals surface area contributed by atoms with Crippen LogP contribution >= 0.6 is 0 Å². The molecule has 0 bridgehead atoms. The Balaban J connectivity index is 2.06. The highest BCUT2D eigenvalue weighted by Crippen LogP contribution is 2.31. The molecular formula is C20H33N3O2. The van der Waals surface area contributed by atoms with E-state index in [4.69, 9.17) is 4.74 Å². The summed E-state index contributed by atoms with van der Waals surface area (Å²) in [5.41, 5.74) is 0.741. The number of carbonyl (C=O) groups excluding carboxylic acids is 1. The van der Waals surface area contributed by atoms with Crippen molar-refractivity contribution in [3.05, 3.63) is 23.9 Å². The van der Waals surface area contributed by atoms with Gasteiger partial charge < -0.3 is 4.74 Å². The van der Waals surface area contributed by atoms with Crippen LogP contribution in [0.15, 0.2) is 18.3 Å². The first-order valence-electron chi connectivity index (χ1n) is 9.48. The second kappa shape index (κ2) is 8.65. The van der Waals surface area contributed by atoms with E-state index in [2.05, 4.69) is 22.9 Å². The van der Waals surface area contributed by atoms with Crippen LogP contribution in [0.4, 0.5) is 10.6 Å². The average molecular weight is 348 g/mol. The Morgan fingerprint density at radius 2 is 2.12 bits per heavy atom. The molecule has 140 valence electrons. The summed E-state index contributed by atoms with van der Waals surface area (Å²) in [7, 11) is 1.70. The Labute approximate surface area is 152 Å². The molecule has 25 heavy (non-hydrogen) atoms. The van der Waals surface area contributed by atoms with Gasteiger partial charge in [-0.05, 0) is 64.8 Å². The molecule has 0 radical (unpaired) electrons. The highest BCUT2D eigenvalue weighted by atomic mass is 16.6. The van der Waals surface area contributed by atoms with Crippen molar-refractivity contribution in [3.63, 3.8) is 0 Å². The molecule has 1 unspecified atom stereocenters. The van der Waals surface area contributed by atoms with Crippen LogP contribution in [0.1, 0.15) is 71.4 Å². The van der Waals surface area contributed by atoms with Crippen LogP contribution in [0.25, 0.3) is 0 Å². The van der Waals surface area contributed by atoms with Crippen molar-refractivity contribution >= 4 is 11.9 Å². The van der Waals surface area contributed by atoms with E-state index in [1.165, 1.54) is 49.1 Å². The fourth-order valence-corrected chi connectivity index (χ4v) is 3.21. The molecule has 0 aliphatic carbocycles. The second-order valence-corrected chi connectivity index (χ2v) is 7.89. The smallest absolute Gasteiger partial charge is 0.415 e. The SMILES string of the molecule is CCCCN1CCCCC1c1ccc(N(C)C(=O)OC(C)(C)C)nc1. The van der Waals surface area contributed by atoms with Gasteiger partial charge in [0, 0.05) is 19.3 Å². The number of carbonyl (C=O) groups is 1. The number of unbranched alkanes of at least 4 members (excludes halogenated alkanes) is 1. The van der Waals surface area contributed by atoms with Gasteiger partial charge in [0.05, 0.1) is 0 Å². The highest BCUT2D eigenvalue weighted by molar-refractivity contribution is 5.85. The number of pyridine rings is 1. The molecule has 1 fully saturated rings. The molecule has 1 atom stereocenters. The van der Waals surface area contributed by atoms with Gasteiger partial charge >= 0.3 is 6.09 Å². The first-order chi connectivity index (χ1) is 11.8. The molecule has 1 aromatic heterocycles. The zero-order valence-corrected chi connectivity index (χ0v) is 16.4. The molecule has 0 spiro atoms. The topological polar surface area (TPSA) is 45.7 Å². The standard InChI is InChI=1S/C20H33N3O2/c1-6-7-13-23-14-9-8-10-17(23)16-11-12-18(21-15-16)22(5)19(24)25-20(2,3)4/h11-12,15,17H,6-10,13-14H2,1-5H3. The molecule has 1 aromatic rings. The first kappa shape index (κ1) is 19.7. The number of hydrogen-bond acceptors (Lipinski definition) is 4. The minimum Gasteiger partial charge on any atom is -0.443 e. The number of amides is 1. The quantitative estimate of drug-likeness (QED) is 0.769. The molecule has 1 aliphatic heterocycles. The molecule has 1 saturated heterocycles. The van der Waals surface area contributed by atoms with Gasteiger partial charge in [0.2, 0.25) is 0 Å². The molecule has 1 amide bonds. The van der Waals surface area contributed by atoms with Crippen molar-refractivity contribution in [1.29, 1.82) is 0 Å². The third-order valence-corrected chi connectivity index (χ3v) is 4.58. The molecule has 2 rings (SSSR count). The number of likely N-dealkylation sites (tertiary alicyclic amines) is 1. The summed E-state index contributed by atoms with van der Waals surface area (Å²) >= 11 is 0. The fourth-order valence-electron chi connectivity index (χ4n) is 3.21. The number of aromatic nitrogens is 1. The minimum atomic E-state index is -0.507. The van der Waals surface area contributed by atoms with Crippen molar-refractivity contribution in [2.24, 2.45) is 0 Å². The summed E-state index contributed by atoms with van der Waals surface area (Å²) in [6, 6.07) is 4.48. The van der Waals surface area contributed by atoms with Crippen molar-refractivity contribution in [2.75, 3.05) is 25.0 Å². The zero-order chi connectivity index (χ0) is 18.4. The van der Waals surface area contributed by atoms with Crippen molar-refractivity contribution in [2.45, 2.75) is 71.4 Å². The number of nitrogens with zero attached hydrogens (tertiary/aromatic N) is 3. The van der Waals surface area contributed by atoms with Gasteiger partial charge in [0.25, 0.3) is 0 Å². The maximum absolute atomic E-state index is 12.2. The van der Waals surface area contributed by atoms with Crippen molar-refractivity contribution < 1.29 is 9.53 Å². The lowest BCUT2D eigenvalue weighted by molar-refractivity contribution is 0.0588. The van der Waals surface area contributed by atoms with Gasteiger partial charge in [-0.3, -0.25) is 9.80 Å². The third-order valence-electron chi connectivity index (χ3n) is 4.58. The van der Waals surface area contributed by atoms with E-state index in [1.54, 1.807) is 7.05 Å². The van der Waals surface area contributed by atoms with E-state index in [0.29, 0.717) is 11.9 Å². The van der Waals surface area contributed by atoms with Gasteiger partial charge in [-0.2, -0.15) is 0 Å². The number of rotatable bonds is 5.